The van der Waals surface area contributed by atoms with Gasteiger partial charge in [-0.3, -0.25) is 4.79 Å². The molecule has 0 fully saturated rings. The fourth-order valence-electron chi connectivity index (χ4n) is 1.74. The highest BCUT2D eigenvalue weighted by atomic mass is 19.4. The highest BCUT2D eigenvalue weighted by molar-refractivity contribution is 5.91. The van der Waals surface area contributed by atoms with Crippen molar-refractivity contribution in [2.24, 2.45) is 0 Å². The van der Waals surface area contributed by atoms with E-state index in [1.807, 2.05) is 0 Å². The molecule has 1 atom stereocenters. The van der Waals surface area contributed by atoms with Crippen LogP contribution >= 0.6 is 0 Å². The summed E-state index contributed by atoms with van der Waals surface area (Å²) in [6, 6.07) is 7.33. The van der Waals surface area contributed by atoms with Gasteiger partial charge in [0.25, 0.3) is 5.91 Å². The Labute approximate surface area is 113 Å². The summed E-state index contributed by atoms with van der Waals surface area (Å²) in [5.41, 5.74) is -0.367. The number of furan rings is 1. The molecule has 20 heavy (non-hydrogen) atoms. The lowest BCUT2D eigenvalue weighted by Gasteiger charge is -2.15. The van der Waals surface area contributed by atoms with E-state index in [2.05, 4.69) is 5.32 Å². The molecule has 1 amide bonds. The van der Waals surface area contributed by atoms with Gasteiger partial charge >= 0.3 is 6.18 Å². The van der Waals surface area contributed by atoms with Crippen molar-refractivity contribution in [1.82, 2.24) is 5.32 Å². The van der Waals surface area contributed by atoms with Gasteiger partial charge in [0.2, 0.25) is 0 Å². The highest BCUT2D eigenvalue weighted by Crippen LogP contribution is 2.30. The molecule has 1 unspecified atom stereocenters. The lowest BCUT2D eigenvalue weighted by molar-refractivity contribution is -0.137. The summed E-state index contributed by atoms with van der Waals surface area (Å²) in [4.78, 5) is 11.7. The number of rotatable bonds is 3. The number of alkyl halides is 3. The first-order chi connectivity index (χ1) is 9.38. The first-order valence-electron chi connectivity index (χ1n) is 5.89. The number of hydrogen-bond acceptors (Lipinski definition) is 2. The van der Waals surface area contributed by atoms with E-state index < -0.39 is 23.7 Å². The predicted octanol–water partition coefficient (Wildman–Crippen LogP) is 3.79. The van der Waals surface area contributed by atoms with E-state index in [1.54, 1.807) is 13.0 Å². The molecule has 1 N–H and O–H groups in total. The smallest absolute Gasteiger partial charge is 0.416 e. The molecule has 0 spiro atoms. The maximum atomic E-state index is 12.6. The average Bonchev–Trinajstić information content (AvgIpc) is 2.91. The molecule has 0 aliphatic rings. The quantitative estimate of drug-likeness (QED) is 0.931. The second-order valence-electron chi connectivity index (χ2n) is 4.30. The van der Waals surface area contributed by atoms with Crippen molar-refractivity contribution >= 4 is 5.91 Å². The fraction of sp³-hybridized carbons (Fsp3) is 0.214. The van der Waals surface area contributed by atoms with Gasteiger partial charge in [0, 0.05) is 0 Å². The van der Waals surface area contributed by atoms with E-state index in [0.29, 0.717) is 5.56 Å². The molecule has 0 aliphatic carbocycles. The first-order valence-corrected chi connectivity index (χ1v) is 5.89. The number of carbonyl (C=O) groups is 1. The van der Waals surface area contributed by atoms with Gasteiger partial charge in [-0.1, -0.05) is 12.1 Å². The van der Waals surface area contributed by atoms with E-state index in [9.17, 15) is 18.0 Å². The molecule has 6 heteroatoms. The molecule has 2 rings (SSSR count). The van der Waals surface area contributed by atoms with Crippen LogP contribution in [0.4, 0.5) is 13.2 Å². The number of benzene rings is 1. The molecule has 1 aromatic carbocycles. The molecule has 106 valence electrons. The van der Waals surface area contributed by atoms with Gasteiger partial charge in [-0.05, 0) is 36.8 Å². The molecule has 0 saturated heterocycles. The first kappa shape index (κ1) is 14.2. The minimum absolute atomic E-state index is 0.115. The Bertz CT molecular complexity index is 591. The Morgan fingerprint density at radius 2 is 2.00 bits per heavy atom. The van der Waals surface area contributed by atoms with Crippen LogP contribution in [-0.4, -0.2) is 5.91 Å². The van der Waals surface area contributed by atoms with Crippen molar-refractivity contribution in [2.75, 3.05) is 0 Å². The normalized spacial score (nSPS) is 13.0. The number of carbonyl (C=O) groups excluding carboxylic acids is 1. The third kappa shape index (κ3) is 3.20. The second-order valence-corrected chi connectivity index (χ2v) is 4.30. The molecule has 1 heterocycles. The highest BCUT2D eigenvalue weighted by Gasteiger charge is 2.30. The summed E-state index contributed by atoms with van der Waals surface area (Å²) in [5.74, 6) is -0.358. The summed E-state index contributed by atoms with van der Waals surface area (Å²) in [7, 11) is 0. The van der Waals surface area contributed by atoms with Gasteiger partial charge < -0.3 is 9.73 Å². The number of halogens is 3. The van der Waals surface area contributed by atoms with Gasteiger partial charge in [-0.25, -0.2) is 0 Å². The average molecular weight is 283 g/mol. The van der Waals surface area contributed by atoms with Crippen LogP contribution in [0.3, 0.4) is 0 Å². The maximum absolute atomic E-state index is 12.6. The largest absolute Gasteiger partial charge is 0.459 e. The minimum Gasteiger partial charge on any atom is -0.459 e. The summed E-state index contributed by atoms with van der Waals surface area (Å²) in [6.45, 7) is 1.61. The molecule has 1 aromatic heterocycles. The lowest BCUT2D eigenvalue weighted by atomic mass is 10.0. The van der Waals surface area contributed by atoms with E-state index in [1.165, 1.54) is 24.5 Å². The van der Waals surface area contributed by atoms with E-state index in [0.717, 1.165) is 12.1 Å². The zero-order valence-electron chi connectivity index (χ0n) is 10.6. The lowest BCUT2D eigenvalue weighted by Crippen LogP contribution is -2.26. The molecular weight excluding hydrogens is 271 g/mol. The van der Waals surface area contributed by atoms with Crippen LogP contribution in [0.5, 0.6) is 0 Å². The Kier molecular flexibility index (Phi) is 3.83. The van der Waals surface area contributed by atoms with Crippen LogP contribution in [0.2, 0.25) is 0 Å². The van der Waals surface area contributed by atoms with Crippen LogP contribution in [0.1, 0.15) is 34.6 Å². The number of hydrogen-bond donors (Lipinski definition) is 1. The zero-order chi connectivity index (χ0) is 14.8. The monoisotopic (exact) mass is 283 g/mol. The maximum Gasteiger partial charge on any atom is 0.416 e. The van der Waals surface area contributed by atoms with Crippen LogP contribution < -0.4 is 5.32 Å². The molecule has 3 nitrogen and oxygen atoms in total. The van der Waals surface area contributed by atoms with Crippen LogP contribution in [0, 0.1) is 0 Å². The van der Waals surface area contributed by atoms with Crippen LogP contribution in [-0.2, 0) is 6.18 Å². The van der Waals surface area contributed by atoms with Gasteiger partial charge in [-0.2, -0.15) is 13.2 Å². The number of amides is 1. The Balaban J connectivity index is 2.13. The van der Waals surface area contributed by atoms with Gasteiger partial charge in [-0.15, -0.1) is 0 Å². The molecular formula is C14H12F3NO2. The van der Waals surface area contributed by atoms with E-state index in [4.69, 9.17) is 4.42 Å². The molecule has 2 aromatic rings. The van der Waals surface area contributed by atoms with Gasteiger partial charge in [0.15, 0.2) is 5.76 Å². The van der Waals surface area contributed by atoms with Crippen molar-refractivity contribution in [3.8, 4) is 0 Å². The zero-order valence-corrected chi connectivity index (χ0v) is 10.6. The topological polar surface area (TPSA) is 42.2 Å². The van der Waals surface area contributed by atoms with Crippen LogP contribution in [0.25, 0.3) is 0 Å². The Morgan fingerprint density at radius 1 is 1.25 bits per heavy atom. The minimum atomic E-state index is -4.40. The Hall–Kier alpha value is -2.24. The van der Waals surface area contributed by atoms with Crippen molar-refractivity contribution in [1.29, 1.82) is 0 Å². The van der Waals surface area contributed by atoms with Gasteiger partial charge in [0.1, 0.15) is 0 Å². The fourth-order valence-corrected chi connectivity index (χ4v) is 1.74. The van der Waals surface area contributed by atoms with Crippen molar-refractivity contribution in [3.05, 3.63) is 59.5 Å². The second kappa shape index (κ2) is 5.40. The summed E-state index contributed by atoms with van der Waals surface area (Å²) in [5, 5.41) is 2.58. The molecule has 0 aliphatic heterocycles. The van der Waals surface area contributed by atoms with Crippen molar-refractivity contribution < 1.29 is 22.4 Å². The molecule has 0 bridgehead atoms. The van der Waals surface area contributed by atoms with Crippen molar-refractivity contribution in [2.45, 2.75) is 19.1 Å². The third-order valence-corrected chi connectivity index (χ3v) is 2.81. The molecule has 0 radical (unpaired) electrons. The van der Waals surface area contributed by atoms with Gasteiger partial charge in [0.05, 0.1) is 17.9 Å². The number of nitrogens with one attached hydrogen (secondary N) is 1. The standard InChI is InChI=1S/C14H12F3NO2/c1-9(18-13(19)12-6-3-7-20-12)10-4-2-5-11(8-10)14(15,16)17/h2-9H,1H3,(H,18,19). The van der Waals surface area contributed by atoms with E-state index >= 15 is 0 Å². The van der Waals surface area contributed by atoms with Crippen LogP contribution in [0.15, 0.2) is 47.1 Å². The third-order valence-electron chi connectivity index (χ3n) is 2.81. The summed E-state index contributed by atoms with van der Waals surface area (Å²) >= 11 is 0. The van der Waals surface area contributed by atoms with E-state index in [-0.39, 0.29) is 5.76 Å². The SMILES string of the molecule is CC(NC(=O)c1ccco1)c1cccc(C(F)(F)F)c1. The molecule has 0 saturated carbocycles. The Morgan fingerprint density at radius 3 is 2.60 bits per heavy atom. The summed E-state index contributed by atoms with van der Waals surface area (Å²) in [6.07, 6.45) is -3.05. The predicted molar refractivity (Wildman–Crippen MR) is 66.0 cm³/mol. The summed E-state index contributed by atoms with van der Waals surface area (Å²) < 4.78 is 42.8. The van der Waals surface area contributed by atoms with Crippen molar-refractivity contribution in [3.63, 3.8) is 0 Å².